The summed E-state index contributed by atoms with van der Waals surface area (Å²) >= 11 is 0. The lowest BCUT2D eigenvalue weighted by atomic mass is 9.87. The predicted octanol–water partition coefficient (Wildman–Crippen LogP) is 3.36. The zero-order valence-corrected chi connectivity index (χ0v) is 12.0. The minimum Gasteiger partial charge on any atom is -0.490 e. The van der Waals surface area contributed by atoms with E-state index in [1.165, 1.54) is 5.56 Å². The Balaban J connectivity index is 2.02. The minimum absolute atomic E-state index is 0.209. The van der Waals surface area contributed by atoms with Crippen molar-refractivity contribution in [1.82, 2.24) is 5.32 Å². The van der Waals surface area contributed by atoms with E-state index in [1.807, 2.05) is 0 Å². The molecular weight excluding hydrogens is 222 g/mol. The van der Waals surface area contributed by atoms with Gasteiger partial charge in [-0.05, 0) is 36.1 Å². The quantitative estimate of drug-likeness (QED) is 0.865. The molecule has 1 heterocycles. The van der Waals surface area contributed by atoms with Crippen LogP contribution < -0.4 is 10.1 Å². The van der Waals surface area contributed by atoms with Crippen molar-refractivity contribution in [1.29, 1.82) is 0 Å². The van der Waals surface area contributed by atoms with E-state index in [2.05, 4.69) is 57.3 Å². The molecule has 1 fully saturated rings. The third-order valence-electron chi connectivity index (χ3n) is 3.71. The van der Waals surface area contributed by atoms with Crippen molar-refractivity contribution in [3.8, 4) is 5.75 Å². The van der Waals surface area contributed by atoms with Gasteiger partial charge < -0.3 is 10.1 Å². The Labute approximate surface area is 111 Å². The molecule has 0 radical (unpaired) electrons. The van der Waals surface area contributed by atoms with Crippen LogP contribution in [0.3, 0.4) is 0 Å². The first-order valence-corrected chi connectivity index (χ1v) is 6.95. The molecule has 0 saturated carbocycles. The van der Waals surface area contributed by atoms with E-state index in [9.17, 15) is 0 Å². The van der Waals surface area contributed by atoms with Crippen LogP contribution in [0.25, 0.3) is 0 Å². The molecule has 1 aliphatic rings. The van der Waals surface area contributed by atoms with Crippen molar-refractivity contribution in [3.63, 3.8) is 0 Å². The van der Waals surface area contributed by atoms with Gasteiger partial charge >= 0.3 is 0 Å². The van der Waals surface area contributed by atoms with Crippen LogP contribution in [0, 0.1) is 5.92 Å². The molecular formula is C16H25NO. The van der Waals surface area contributed by atoms with Crippen LogP contribution in [0.4, 0.5) is 0 Å². The zero-order valence-electron chi connectivity index (χ0n) is 12.0. The lowest BCUT2D eigenvalue weighted by Crippen LogP contribution is -2.41. The highest BCUT2D eigenvalue weighted by Crippen LogP contribution is 2.26. The van der Waals surface area contributed by atoms with Crippen LogP contribution in [0.2, 0.25) is 0 Å². The SMILES string of the molecule is CC1CNCCC1Oc1ccc(C(C)(C)C)cc1. The second-order valence-electron chi connectivity index (χ2n) is 6.40. The Morgan fingerprint density at radius 1 is 1.17 bits per heavy atom. The number of hydrogen-bond donors (Lipinski definition) is 1. The summed E-state index contributed by atoms with van der Waals surface area (Å²) in [6, 6.07) is 8.58. The van der Waals surface area contributed by atoms with Crippen molar-refractivity contribution in [3.05, 3.63) is 29.8 Å². The fourth-order valence-electron chi connectivity index (χ4n) is 2.37. The Hall–Kier alpha value is -1.02. The summed E-state index contributed by atoms with van der Waals surface area (Å²) in [4.78, 5) is 0. The number of hydrogen-bond acceptors (Lipinski definition) is 2. The molecule has 2 unspecified atom stereocenters. The van der Waals surface area contributed by atoms with E-state index in [0.717, 1.165) is 25.3 Å². The van der Waals surface area contributed by atoms with E-state index in [-0.39, 0.29) is 5.41 Å². The molecule has 18 heavy (non-hydrogen) atoms. The Morgan fingerprint density at radius 2 is 1.83 bits per heavy atom. The van der Waals surface area contributed by atoms with Crippen LogP contribution in [0.1, 0.15) is 39.7 Å². The number of rotatable bonds is 2. The molecule has 2 heteroatoms. The van der Waals surface area contributed by atoms with Gasteiger partial charge in [-0.2, -0.15) is 0 Å². The largest absolute Gasteiger partial charge is 0.490 e. The van der Waals surface area contributed by atoms with Gasteiger partial charge in [0.25, 0.3) is 0 Å². The highest BCUT2D eigenvalue weighted by atomic mass is 16.5. The maximum absolute atomic E-state index is 6.10. The Morgan fingerprint density at radius 3 is 2.39 bits per heavy atom. The van der Waals surface area contributed by atoms with Gasteiger partial charge in [0, 0.05) is 12.5 Å². The number of benzene rings is 1. The minimum atomic E-state index is 0.209. The van der Waals surface area contributed by atoms with Crippen LogP contribution in [-0.2, 0) is 5.41 Å². The standard InChI is InChI=1S/C16H25NO/c1-12-11-17-10-9-15(12)18-14-7-5-13(6-8-14)16(2,3)4/h5-8,12,15,17H,9-11H2,1-4H3. The number of piperidine rings is 1. The Bertz CT molecular complexity index is 377. The second kappa shape index (κ2) is 5.31. The molecule has 2 atom stereocenters. The number of ether oxygens (including phenoxy) is 1. The fourth-order valence-corrected chi connectivity index (χ4v) is 2.37. The highest BCUT2D eigenvalue weighted by Gasteiger charge is 2.22. The normalized spacial score (nSPS) is 24.9. The van der Waals surface area contributed by atoms with Gasteiger partial charge in [-0.1, -0.05) is 39.8 Å². The van der Waals surface area contributed by atoms with Gasteiger partial charge in [0.05, 0.1) is 0 Å². The van der Waals surface area contributed by atoms with E-state index < -0.39 is 0 Å². The monoisotopic (exact) mass is 247 g/mol. The summed E-state index contributed by atoms with van der Waals surface area (Å²) in [6.45, 7) is 11.1. The highest BCUT2D eigenvalue weighted by molar-refractivity contribution is 5.31. The van der Waals surface area contributed by atoms with Crippen LogP contribution in [0.15, 0.2) is 24.3 Å². The maximum atomic E-state index is 6.10. The van der Waals surface area contributed by atoms with Crippen LogP contribution in [-0.4, -0.2) is 19.2 Å². The molecule has 2 nitrogen and oxygen atoms in total. The van der Waals surface area contributed by atoms with Crippen molar-refractivity contribution in [2.75, 3.05) is 13.1 Å². The van der Waals surface area contributed by atoms with Gasteiger partial charge in [-0.15, -0.1) is 0 Å². The lowest BCUT2D eigenvalue weighted by molar-refractivity contribution is 0.112. The van der Waals surface area contributed by atoms with E-state index in [4.69, 9.17) is 4.74 Å². The third-order valence-corrected chi connectivity index (χ3v) is 3.71. The molecule has 1 N–H and O–H groups in total. The Kier molecular flexibility index (Phi) is 3.96. The molecule has 0 aromatic heterocycles. The van der Waals surface area contributed by atoms with Crippen LogP contribution in [0.5, 0.6) is 5.75 Å². The second-order valence-corrected chi connectivity index (χ2v) is 6.40. The fraction of sp³-hybridized carbons (Fsp3) is 0.625. The van der Waals surface area contributed by atoms with Gasteiger partial charge in [0.1, 0.15) is 11.9 Å². The zero-order chi connectivity index (χ0) is 13.2. The van der Waals surface area contributed by atoms with Crippen LogP contribution >= 0.6 is 0 Å². The maximum Gasteiger partial charge on any atom is 0.119 e. The molecule has 0 amide bonds. The summed E-state index contributed by atoms with van der Waals surface area (Å²) in [7, 11) is 0. The van der Waals surface area contributed by atoms with Crippen molar-refractivity contribution < 1.29 is 4.74 Å². The molecule has 2 rings (SSSR count). The van der Waals surface area contributed by atoms with E-state index in [1.54, 1.807) is 0 Å². The number of nitrogens with one attached hydrogen (secondary N) is 1. The molecule has 1 saturated heterocycles. The molecule has 1 aliphatic heterocycles. The first-order valence-electron chi connectivity index (χ1n) is 6.95. The smallest absolute Gasteiger partial charge is 0.119 e. The molecule has 1 aromatic rings. The topological polar surface area (TPSA) is 21.3 Å². The van der Waals surface area contributed by atoms with Gasteiger partial charge in [-0.25, -0.2) is 0 Å². The summed E-state index contributed by atoms with van der Waals surface area (Å²) < 4.78 is 6.10. The van der Waals surface area contributed by atoms with E-state index in [0.29, 0.717) is 12.0 Å². The lowest BCUT2D eigenvalue weighted by Gasteiger charge is -2.30. The van der Waals surface area contributed by atoms with Crippen molar-refractivity contribution in [2.45, 2.75) is 45.6 Å². The van der Waals surface area contributed by atoms with Gasteiger partial charge in [-0.3, -0.25) is 0 Å². The molecule has 1 aromatic carbocycles. The van der Waals surface area contributed by atoms with Crippen molar-refractivity contribution >= 4 is 0 Å². The van der Waals surface area contributed by atoms with Gasteiger partial charge in [0.15, 0.2) is 0 Å². The molecule has 0 aliphatic carbocycles. The molecule has 0 bridgehead atoms. The summed E-state index contributed by atoms with van der Waals surface area (Å²) in [6.07, 6.45) is 1.45. The average Bonchev–Trinajstić information content (AvgIpc) is 2.32. The summed E-state index contributed by atoms with van der Waals surface area (Å²) in [5, 5.41) is 3.40. The summed E-state index contributed by atoms with van der Waals surface area (Å²) in [5.41, 5.74) is 1.56. The first-order chi connectivity index (χ1) is 8.47. The van der Waals surface area contributed by atoms with Crippen molar-refractivity contribution in [2.24, 2.45) is 5.92 Å². The predicted molar refractivity (Wildman–Crippen MR) is 76.2 cm³/mol. The first kappa shape index (κ1) is 13.4. The summed E-state index contributed by atoms with van der Waals surface area (Å²) in [5.74, 6) is 1.59. The van der Waals surface area contributed by atoms with E-state index >= 15 is 0 Å². The molecule has 0 spiro atoms. The molecule has 100 valence electrons. The van der Waals surface area contributed by atoms with Gasteiger partial charge in [0.2, 0.25) is 0 Å². The average molecular weight is 247 g/mol. The third kappa shape index (κ3) is 3.26.